The molecule has 0 bridgehead atoms. The molecule has 0 aromatic carbocycles. The molecule has 1 amide bonds. The fraction of sp³-hybridized carbons (Fsp3) is 0.583. The molecule has 1 aromatic heterocycles. The minimum absolute atomic E-state index is 0.0697. The van der Waals surface area contributed by atoms with Gasteiger partial charge in [-0.15, -0.1) is 11.3 Å². The highest BCUT2D eigenvalue weighted by Crippen LogP contribution is 2.18. The molecule has 0 saturated heterocycles. The van der Waals surface area contributed by atoms with E-state index in [9.17, 15) is 9.59 Å². The summed E-state index contributed by atoms with van der Waals surface area (Å²) in [6, 6.07) is -0.0697. The van der Waals surface area contributed by atoms with E-state index in [1.165, 1.54) is 11.3 Å². The molecule has 0 radical (unpaired) electrons. The lowest BCUT2D eigenvalue weighted by Crippen LogP contribution is -2.28. The highest BCUT2D eigenvalue weighted by Gasteiger charge is 2.15. The third-order valence-corrected chi connectivity index (χ3v) is 3.24. The number of amides is 1. The Bertz CT molecular complexity index is 379. The van der Waals surface area contributed by atoms with Crippen molar-refractivity contribution in [2.75, 3.05) is 6.61 Å². The third-order valence-electron chi connectivity index (χ3n) is 2.35. The largest absolute Gasteiger partial charge is 0.466 e. The van der Waals surface area contributed by atoms with Gasteiger partial charge in [-0.05, 0) is 13.3 Å². The normalized spacial score (nSPS) is 11.9. The third kappa shape index (κ3) is 4.83. The first kappa shape index (κ1) is 14.6. The lowest BCUT2D eigenvalue weighted by molar-refractivity contribution is -0.144. The van der Waals surface area contributed by atoms with E-state index in [-0.39, 0.29) is 30.8 Å². The number of carbonyl (C=O) groups excluding carboxylic acids is 2. The standard InChI is InChI=1S/C12H18N2O3S/c1-3-9(12-13-7-8-18-12)14-10(15)5-6-11(16)17-4-2/h7-9H,3-6H2,1-2H3,(H,14,15). The van der Waals surface area contributed by atoms with Crippen LogP contribution >= 0.6 is 11.3 Å². The SMILES string of the molecule is CCOC(=O)CCC(=O)NC(CC)c1nccs1. The maximum atomic E-state index is 11.7. The van der Waals surface area contributed by atoms with E-state index in [1.807, 2.05) is 12.3 Å². The second-order valence-corrected chi connectivity index (χ2v) is 4.63. The second-order valence-electron chi connectivity index (χ2n) is 3.70. The fourth-order valence-electron chi connectivity index (χ4n) is 1.46. The highest BCUT2D eigenvalue weighted by atomic mass is 32.1. The molecule has 5 nitrogen and oxygen atoms in total. The predicted molar refractivity (Wildman–Crippen MR) is 69.2 cm³/mol. The molecular weight excluding hydrogens is 252 g/mol. The van der Waals surface area contributed by atoms with Crippen LogP contribution < -0.4 is 5.32 Å². The molecule has 0 saturated carbocycles. The van der Waals surface area contributed by atoms with Crippen LogP contribution in [0.1, 0.15) is 44.2 Å². The van der Waals surface area contributed by atoms with Gasteiger partial charge in [0.15, 0.2) is 0 Å². The van der Waals surface area contributed by atoms with Crippen molar-refractivity contribution in [1.29, 1.82) is 0 Å². The maximum absolute atomic E-state index is 11.7. The molecule has 0 spiro atoms. The van der Waals surface area contributed by atoms with Gasteiger partial charge < -0.3 is 10.1 Å². The number of thiazole rings is 1. The quantitative estimate of drug-likeness (QED) is 0.770. The van der Waals surface area contributed by atoms with Crippen molar-refractivity contribution in [1.82, 2.24) is 10.3 Å². The van der Waals surface area contributed by atoms with Gasteiger partial charge in [0, 0.05) is 18.0 Å². The summed E-state index contributed by atoms with van der Waals surface area (Å²) in [7, 11) is 0. The van der Waals surface area contributed by atoms with Crippen LogP contribution in [0.3, 0.4) is 0 Å². The van der Waals surface area contributed by atoms with E-state index < -0.39 is 0 Å². The van der Waals surface area contributed by atoms with Crippen molar-refractivity contribution < 1.29 is 14.3 Å². The molecule has 18 heavy (non-hydrogen) atoms. The number of nitrogens with one attached hydrogen (secondary N) is 1. The van der Waals surface area contributed by atoms with Crippen LogP contribution in [0, 0.1) is 0 Å². The topological polar surface area (TPSA) is 68.3 Å². The fourth-order valence-corrected chi connectivity index (χ4v) is 2.23. The molecule has 0 fully saturated rings. The van der Waals surface area contributed by atoms with Crippen molar-refractivity contribution >= 4 is 23.2 Å². The van der Waals surface area contributed by atoms with Crippen LogP contribution in [-0.4, -0.2) is 23.5 Å². The number of esters is 1. The van der Waals surface area contributed by atoms with E-state index in [1.54, 1.807) is 13.1 Å². The first-order valence-electron chi connectivity index (χ1n) is 6.01. The number of aromatic nitrogens is 1. The number of ether oxygens (including phenoxy) is 1. The average Bonchev–Trinajstić information content (AvgIpc) is 2.87. The summed E-state index contributed by atoms with van der Waals surface area (Å²) < 4.78 is 4.77. The second kappa shape index (κ2) is 7.81. The Morgan fingerprint density at radius 1 is 1.44 bits per heavy atom. The number of rotatable bonds is 7. The molecule has 0 aliphatic rings. The molecule has 1 unspecified atom stereocenters. The summed E-state index contributed by atoms with van der Waals surface area (Å²) in [6.07, 6.45) is 2.76. The Hall–Kier alpha value is -1.43. The molecule has 0 aliphatic carbocycles. The lowest BCUT2D eigenvalue weighted by atomic mass is 10.2. The number of hydrogen-bond acceptors (Lipinski definition) is 5. The van der Waals surface area contributed by atoms with Crippen LogP contribution in [0.15, 0.2) is 11.6 Å². The Labute approximate surface area is 111 Å². The minimum atomic E-state index is -0.338. The van der Waals surface area contributed by atoms with Crippen LogP contribution in [0.5, 0.6) is 0 Å². The zero-order valence-corrected chi connectivity index (χ0v) is 11.5. The summed E-state index contributed by atoms with van der Waals surface area (Å²) in [5, 5.41) is 5.64. The van der Waals surface area contributed by atoms with E-state index >= 15 is 0 Å². The predicted octanol–water partition coefficient (Wildman–Crippen LogP) is 2.05. The lowest BCUT2D eigenvalue weighted by Gasteiger charge is -2.14. The van der Waals surface area contributed by atoms with Crippen LogP contribution in [0.25, 0.3) is 0 Å². The molecule has 0 aliphatic heterocycles. The van der Waals surface area contributed by atoms with Crippen molar-refractivity contribution in [3.63, 3.8) is 0 Å². The Morgan fingerprint density at radius 2 is 2.22 bits per heavy atom. The van der Waals surface area contributed by atoms with Gasteiger partial charge in [0.05, 0.1) is 19.1 Å². The summed E-state index contributed by atoms with van der Waals surface area (Å²) in [5.74, 6) is -0.486. The molecule has 100 valence electrons. The number of hydrogen-bond donors (Lipinski definition) is 1. The van der Waals surface area contributed by atoms with Crippen molar-refractivity contribution in [3.05, 3.63) is 16.6 Å². The van der Waals surface area contributed by atoms with Gasteiger partial charge in [-0.25, -0.2) is 4.98 Å². The van der Waals surface area contributed by atoms with E-state index in [0.717, 1.165) is 11.4 Å². The van der Waals surface area contributed by atoms with Crippen LogP contribution in [0.2, 0.25) is 0 Å². The summed E-state index contributed by atoms with van der Waals surface area (Å²) in [4.78, 5) is 27.0. The first-order valence-corrected chi connectivity index (χ1v) is 6.89. The Morgan fingerprint density at radius 3 is 2.78 bits per heavy atom. The first-order chi connectivity index (χ1) is 8.67. The van der Waals surface area contributed by atoms with Crippen molar-refractivity contribution in [2.45, 2.75) is 39.2 Å². The van der Waals surface area contributed by atoms with Gasteiger partial charge in [0.2, 0.25) is 5.91 Å². The van der Waals surface area contributed by atoms with E-state index in [4.69, 9.17) is 4.74 Å². The molecule has 1 heterocycles. The van der Waals surface area contributed by atoms with Crippen LogP contribution in [0.4, 0.5) is 0 Å². The van der Waals surface area contributed by atoms with Crippen molar-refractivity contribution in [2.24, 2.45) is 0 Å². The van der Waals surface area contributed by atoms with Gasteiger partial charge in [0.1, 0.15) is 5.01 Å². The summed E-state index contributed by atoms with van der Waals surface area (Å²) in [6.45, 7) is 4.07. The smallest absolute Gasteiger partial charge is 0.306 e. The molecule has 1 atom stereocenters. The zero-order chi connectivity index (χ0) is 13.4. The van der Waals surface area contributed by atoms with E-state index in [0.29, 0.717) is 6.61 Å². The molecular formula is C12H18N2O3S. The van der Waals surface area contributed by atoms with Crippen LogP contribution in [-0.2, 0) is 14.3 Å². The minimum Gasteiger partial charge on any atom is -0.466 e. The van der Waals surface area contributed by atoms with Gasteiger partial charge >= 0.3 is 5.97 Å². The zero-order valence-electron chi connectivity index (χ0n) is 10.6. The highest BCUT2D eigenvalue weighted by molar-refractivity contribution is 7.09. The molecule has 1 aromatic rings. The van der Waals surface area contributed by atoms with Gasteiger partial charge in [-0.2, -0.15) is 0 Å². The monoisotopic (exact) mass is 270 g/mol. The van der Waals surface area contributed by atoms with Gasteiger partial charge in [0.25, 0.3) is 0 Å². The Kier molecular flexibility index (Phi) is 6.35. The number of nitrogens with zero attached hydrogens (tertiary/aromatic N) is 1. The van der Waals surface area contributed by atoms with Gasteiger partial charge in [-0.1, -0.05) is 6.92 Å². The molecule has 1 N–H and O–H groups in total. The van der Waals surface area contributed by atoms with Crippen molar-refractivity contribution in [3.8, 4) is 0 Å². The van der Waals surface area contributed by atoms with Gasteiger partial charge in [-0.3, -0.25) is 9.59 Å². The van der Waals surface area contributed by atoms with E-state index in [2.05, 4.69) is 10.3 Å². The summed E-state index contributed by atoms with van der Waals surface area (Å²) in [5.41, 5.74) is 0. The summed E-state index contributed by atoms with van der Waals surface area (Å²) >= 11 is 1.51. The average molecular weight is 270 g/mol. The number of carbonyl (C=O) groups is 2. The maximum Gasteiger partial charge on any atom is 0.306 e. The molecule has 1 rings (SSSR count). The Balaban J connectivity index is 2.36. The molecule has 6 heteroatoms.